The topological polar surface area (TPSA) is 66.9 Å². The fourth-order valence-electron chi connectivity index (χ4n) is 3.56. The molecule has 2 amide bonds. The summed E-state index contributed by atoms with van der Waals surface area (Å²) in [6.07, 6.45) is 1.59. The molecule has 0 bridgehead atoms. The van der Waals surface area contributed by atoms with E-state index in [9.17, 15) is 14.4 Å². The maximum atomic E-state index is 12.9. The lowest BCUT2D eigenvalue weighted by Crippen LogP contribution is -2.48. The Bertz CT molecular complexity index is 740. The summed E-state index contributed by atoms with van der Waals surface area (Å²) in [5.74, 6) is -1.13. The summed E-state index contributed by atoms with van der Waals surface area (Å²) in [5.41, 5.74) is 0.340. The molecule has 2 saturated heterocycles. The number of carbonyl (C=O) groups is 3. The van der Waals surface area contributed by atoms with Crippen LogP contribution in [0.3, 0.4) is 0 Å². The van der Waals surface area contributed by atoms with Gasteiger partial charge < -0.3 is 4.74 Å². The highest BCUT2D eigenvalue weighted by atomic mass is 35.5. The van der Waals surface area contributed by atoms with Crippen molar-refractivity contribution in [2.45, 2.75) is 32.2 Å². The number of hydrogen-bond donors (Lipinski definition) is 0. The minimum atomic E-state index is -0.577. The molecule has 8 heteroatoms. The van der Waals surface area contributed by atoms with Crippen LogP contribution in [-0.2, 0) is 19.1 Å². The molecule has 1 aromatic rings. The average Bonchev–Trinajstić information content (AvgIpc) is 2.90. The molecule has 0 unspecified atom stereocenters. The lowest BCUT2D eigenvalue weighted by Gasteiger charge is -2.34. The van der Waals surface area contributed by atoms with Crippen molar-refractivity contribution in [1.82, 2.24) is 4.90 Å². The van der Waals surface area contributed by atoms with Gasteiger partial charge in [0.05, 0.1) is 35.7 Å². The zero-order chi connectivity index (χ0) is 18.8. The van der Waals surface area contributed by atoms with Crippen molar-refractivity contribution in [2.75, 3.05) is 24.6 Å². The summed E-state index contributed by atoms with van der Waals surface area (Å²) in [7, 11) is 0. The van der Waals surface area contributed by atoms with Crippen LogP contribution in [0.4, 0.5) is 5.69 Å². The summed E-state index contributed by atoms with van der Waals surface area (Å²) in [5, 5.41) is 0.686. The van der Waals surface area contributed by atoms with Gasteiger partial charge in [-0.3, -0.25) is 19.3 Å². The van der Waals surface area contributed by atoms with Crippen LogP contribution in [0.25, 0.3) is 0 Å². The molecule has 140 valence electrons. The smallest absolute Gasteiger partial charge is 0.310 e. The van der Waals surface area contributed by atoms with Gasteiger partial charge in [-0.15, -0.1) is 0 Å². The highest BCUT2D eigenvalue weighted by molar-refractivity contribution is 6.38. The Morgan fingerprint density at radius 1 is 1.31 bits per heavy atom. The van der Waals surface area contributed by atoms with Crippen molar-refractivity contribution < 1.29 is 19.1 Å². The van der Waals surface area contributed by atoms with Gasteiger partial charge in [0.15, 0.2) is 0 Å². The summed E-state index contributed by atoms with van der Waals surface area (Å²) in [4.78, 5) is 40.5. The van der Waals surface area contributed by atoms with Crippen molar-refractivity contribution in [3.05, 3.63) is 28.2 Å². The lowest BCUT2D eigenvalue weighted by molar-refractivity contribution is -0.150. The first kappa shape index (κ1) is 19.1. The number of carbonyl (C=O) groups excluding carboxylic acids is 3. The lowest BCUT2D eigenvalue weighted by atomic mass is 9.96. The number of nitrogens with zero attached hydrogens (tertiary/aromatic N) is 2. The number of esters is 1. The van der Waals surface area contributed by atoms with Crippen LogP contribution in [0.5, 0.6) is 0 Å². The maximum Gasteiger partial charge on any atom is 0.310 e. The summed E-state index contributed by atoms with van der Waals surface area (Å²) < 4.78 is 5.10. The first-order valence-corrected chi connectivity index (χ1v) is 9.40. The predicted octanol–water partition coefficient (Wildman–Crippen LogP) is 2.90. The molecule has 2 fully saturated rings. The molecule has 2 aliphatic heterocycles. The van der Waals surface area contributed by atoms with Crippen LogP contribution in [-0.4, -0.2) is 48.4 Å². The zero-order valence-corrected chi connectivity index (χ0v) is 15.9. The van der Waals surface area contributed by atoms with Crippen molar-refractivity contribution in [3.8, 4) is 0 Å². The molecular weight excluding hydrogens is 379 g/mol. The van der Waals surface area contributed by atoms with Gasteiger partial charge in [0.25, 0.3) is 5.91 Å². The van der Waals surface area contributed by atoms with Crippen LogP contribution in [0.1, 0.15) is 26.2 Å². The Morgan fingerprint density at radius 2 is 2.08 bits per heavy atom. The van der Waals surface area contributed by atoms with Crippen LogP contribution in [0, 0.1) is 5.92 Å². The van der Waals surface area contributed by atoms with E-state index in [1.807, 2.05) is 4.90 Å². The number of imide groups is 1. The van der Waals surface area contributed by atoms with Gasteiger partial charge in [-0.1, -0.05) is 23.2 Å². The SMILES string of the molecule is CCOC(=O)[C@H]1CCCN([C@@H]2CC(=O)N(c3ccc(Cl)cc3Cl)C2=O)C1. The molecule has 0 spiro atoms. The van der Waals surface area contributed by atoms with Gasteiger partial charge in [0, 0.05) is 11.6 Å². The van der Waals surface area contributed by atoms with E-state index in [1.165, 1.54) is 6.07 Å². The van der Waals surface area contributed by atoms with Gasteiger partial charge in [0.2, 0.25) is 5.91 Å². The number of hydrogen-bond acceptors (Lipinski definition) is 5. The molecule has 6 nitrogen and oxygen atoms in total. The van der Waals surface area contributed by atoms with Crippen molar-refractivity contribution in [1.29, 1.82) is 0 Å². The molecule has 1 aromatic carbocycles. The summed E-state index contributed by atoms with van der Waals surface area (Å²) in [6, 6.07) is 4.09. The van der Waals surface area contributed by atoms with Crippen LogP contribution < -0.4 is 4.90 Å². The Hall–Kier alpha value is -1.63. The third-order valence-electron chi connectivity index (χ3n) is 4.79. The molecule has 0 saturated carbocycles. The van der Waals surface area contributed by atoms with E-state index in [4.69, 9.17) is 27.9 Å². The third kappa shape index (κ3) is 3.72. The Morgan fingerprint density at radius 3 is 2.77 bits per heavy atom. The summed E-state index contributed by atoms with van der Waals surface area (Å²) >= 11 is 12.1. The molecule has 0 aromatic heterocycles. The van der Waals surface area contributed by atoms with E-state index >= 15 is 0 Å². The molecule has 0 aliphatic carbocycles. The molecule has 2 aliphatic rings. The van der Waals surface area contributed by atoms with Crippen LogP contribution in [0.15, 0.2) is 18.2 Å². The molecule has 2 heterocycles. The van der Waals surface area contributed by atoms with E-state index in [0.29, 0.717) is 30.4 Å². The average molecular weight is 399 g/mol. The fraction of sp³-hybridized carbons (Fsp3) is 0.500. The Kier molecular flexibility index (Phi) is 5.85. The van der Waals surface area contributed by atoms with Crippen molar-refractivity contribution in [3.63, 3.8) is 0 Å². The van der Waals surface area contributed by atoms with Gasteiger partial charge in [-0.25, -0.2) is 4.90 Å². The second kappa shape index (κ2) is 7.94. The second-order valence-corrected chi connectivity index (χ2v) is 7.31. The molecule has 0 radical (unpaired) electrons. The predicted molar refractivity (Wildman–Crippen MR) is 98.3 cm³/mol. The van der Waals surface area contributed by atoms with Gasteiger partial charge in [0.1, 0.15) is 0 Å². The number of rotatable bonds is 4. The second-order valence-electron chi connectivity index (χ2n) is 6.47. The molecule has 3 rings (SSSR count). The van der Waals surface area contributed by atoms with Crippen LogP contribution >= 0.6 is 23.2 Å². The Balaban J connectivity index is 1.77. The number of anilines is 1. The van der Waals surface area contributed by atoms with E-state index in [2.05, 4.69) is 0 Å². The number of ether oxygens (including phenoxy) is 1. The minimum absolute atomic E-state index is 0.0767. The number of amides is 2. The summed E-state index contributed by atoms with van der Waals surface area (Å²) in [6.45, 7) is 3.19. The first-order valence-electron chi connectivity index (χ1n) is 8.65. The van der Waals surface area contributed by atoms with Gasteiger partial charge >= 0.3 is 5.97 Å². The van der Waals surface area contributed by atoms with Crippen LogP contribution in [0.2, 0.25) is 10.0 Å². The largest absolute Gasteiger partial charge is 0.466 e. The normalized spacial score (nSPS) is 24.2. The molecule has 26 heavy (non-hydrogen) atoms. The highest BCUT2D eigenvalue weighted by Gasteiger charge is 2.45. The van der Waals surface area contributed by atoms with Gasteiger partial charge in [-0.05, 0) is 44.5 Å². The maximum absolute atomic E-state index is 12.9. The van der Waals surface area contributed by atoms with Gasteiger partial charge in [-0.2, -0.15) is 0 Å². The third-order valence-corrected chi connectivity index (χ3v) is 5.32. The Labute approximate surface area is 162 Å². The fourth-order valence-corrected chi connectivity index (χ4v) is 4.05. The van der Waals surface area contributed by atoms with E-state index in [-0.39, 0.29) is 35.1 Å². The highest BCUT2D eigenvalue weighted by Crippen LogP contribution is 2.34. The van der Waals surface area contributed by atoms with E-state index in [0.717, 1.165) is 17.7 Å². The zero-order valence-electron chi connectivity index (χ0n) is 14.4. The minimum Gasteiger partial charge on any atom is -0.466 e. The number of piperidine rings is 1. The molecule has 0 N–H and O–H groups in total. The number of benzene rings is 1. The standard InChI is InChI=1S/C18H20Cl2N2O4/c1-2-26-18(25)11-4-3-7-21(10-11)15-9-16(23)22(17(15)24)14-6-5-12(19)8-13(14)20/h5-6,8,11,15H,2-4,7,9-10H2,1H3/t11-,15+/m0/s1. The first-order chi connectivity index (χ1) is 12.4. The number of halogens is 2. The quantitative estimate of drug-likeness (QED) is 0.576. The monoisotopic (exact) mass is 398 g/mol. The van der Waals surface area contributed by atoms with E-state index < -0.39 is 6.04 Å². The van der Waals surface area contributed by atoms with Crippen molar-refractivity contribution in [2.24, 2.45) is 5.92 Å². The molecular formula is C18H20Cl2N2O4. The van der Waals surface area contributed by atoms with Crippen molar-refractivity contribution >= 4 is 46.7 Å². The number of likely N-dealkylation sites (tertiary alicyclic amines) is 1. The van der Waals surface area contributed by atoms with E-state index in [1.54, 1.807) is 19.1 Å². The molecule has 2 atom stereocenters.